The van der Waals surface area contributed by atoms with Gasteiger partial charge in [0, 0.05) is 6.42 Å². The van der Waals surface area contributed by atoms with Crippen LogP contribution in [0.25, 0.3) is 15.3 Å². The van der Waals surface area contributed by atoms with E-state index in [1.165, 1.54) is 28.0 Å². The lowest BCUT2D eigenvalue weighted by molar-refractivity contribution is 0.436. The summed E-state index contributed by atoms with van der Waals surface area (Å²) in [6, 6.07) is 14.2. The molecular formula is C17H12FN3OS2. The molecule has 2 N–H and O–H groups in total. The molecular weight excluding hydrogens is 345 g/mol. The third-order valence-electron chi connectivity index (χ3n) is 3.70. The van der Waals surface area contributed by atoms with Gasteiger partial charge in [-0.3, -0.25) is 0 Å². The Labute approximate surface area is 145 Å². The molecule has 0 aliphatic rings. The molecule has 0 amide bonds. The summed E-state index contributed by atoms with van der Waals surface area (Å²) in [5.74, 6) is -0.285. The number of nitrogens with one attached hydrogen (secondary N) is 1. The van der Waals surface area contributed by atoms with Gasteiger partial charge in [0.25, 0.3) is 0 Å². The van der Waals surface area contributed by atoms with Crippen molar-refractivity contribution in [2.24, 2.45) is 0 Å². The molecule has 24 heavy (non-hydrogen) atoms. The fraction of sp³-hybridized carbons (Fsp3) is 0.0588. The number of hydrogen-bond acceptors (Lipinski definition) is 4. The molecule has 120 valence electrons. The summed E-state index contributed by atoms with van der Waals surface area (Å²) in [6.45, 7) is 0. The summed E-state index contributed by atoms with van der Waals surface area (Å²) in [6.07, 6.45) is 0.531. The van der Waals surface area contributed by atoms with Crippen LogP contribution < -0.4 is 0 Å². The van der Waals surface area contributed by atoms with E-state index in [2.05, 4.69) is 9.97 Å². The Bertz CT molecular complexity index is 1080. The van der Waals surface area contributed by atoms with Crippen molar-refractivity contribution in [2.75, 3.05) is 0 Å². The molecule has 0 atom stereocenters. The molecule has 0 unspecified atom stereocenters. The molecule has 7 heteroatoms. The SMILES string of the molecule is Oc1c(Cc2ccccc2)[nH]c(=S)n1-c1nc2ccc(F)cc2s1. The highest BCUT2D eigenvalue weighted by Gasteiger charge is 2.16. The van der Waals surface area contributed by atoms with Gasteiger partial charge in [-0.2, -0.15) is 0 Å². The second-order valence-electron chi connectivity index (χ2n) is 5.34. The van der Waals surface area contributed by atoms with Crippen molar-refractivity contribution in [2.45, 2.75) is 6.42 Å². The first-order valence-electron chi connectivity index (χ1n) is 7.25. The number of nitrogens with zero attached hydrogens (tertiary/aromatic N) is 2. The zero-order valence-corrected chi connectivity index (χ0v) is 14.0. The lowest BCUT2D eigenvalue weighted by Gasteiger charge is -2.01. The second-order valence-corrected chi connectivity index (χ2v) is 6.73. The number of rotatable bonds is 3. The highest BCUT2D eigenvalue weighted by atomic mass is 32.1. The predicted molar refractivity (Wildman–Crippen MR) is 95.0 cm³/mol. The van der Waals surface area contributed by atoms with E-state index < -0.39 is 0 Å². The summed E-state index contributed by atoms with van der Waals surface area (Å²) in [5, 5.41) is 11.1. The van der Waals surface area contributed by atoms with E-state index in [4.69, 9.17) is 12.2 Å². The fourth-order valence-electron chi connectivity index (χ4n) is 2.55. The molecule has 0 aliphatic carbocycles. The van der Waals surface area contributed by atoms with Crippen molar-refractivity contribution in [3.05, 3.63) is 70.4 Å². The van der Waals surface area contributed by atoms with Gasteiger partial charge in [0.1, 0.15) is 5.82 Å². The van der Waals surface area contributed by atoms with Crippen LogP contribution in [0.2, 0.25) is 0 Å². The molecule has 0 saturated heterocycles. The minimum atomic E-state index is -0.315. The van der Waals surface area contributed by atoms with Gasteiger partial charge in [-0.15, -0.1) is 0 Å². The minimum Gasteiger partial charge on any atom is -0.493 e. The number of hydrogen-bond donors (Lipinski definition) is 2. The summed E-state index contributed by atoms with van der Waals surface area (Å²) in [5.41, 5.74) is 2.35. The number of fused-ring (bicyclic) bond motifs is 1. The number of thiazole rings is 1. The van der Waals surface area contributed by atoms with Crippen LogP contribution in [0.5, 0.6) is 5.88 Å². The lowest BCUT2D eigenvalue weighted by Crippen LogP contribution is -1.93. The highest BCUT2D eigenvalue weighted by Crippen LogP contribution is 2.30. The quantitative estimate of drug-likeness (QED) is 0.528. The number of aromatic amines is 1. The third-order valence-corrected chi connectivity index (χ3v) is 4.98. The smallest absolute Gasteiger partial charge is 0.220 e. The van der Waals surface area contributed by atoms with Crippen LogP contribution in [0.1, 0.15) is 11.3 Å². The molecule has 0 aliphatic heterocycles. The van der Waals surface area contributed by atoms with Crippen LogP contribution >= 0.6 is 23.6 Å². The topological polar surface area (TPSA) is 53.8 Å². The highest BCUT2D eigenvalue weighted by molar-refractivity contribution is 7.71. The van der Waals surface area contributed by atoms with Crippen molar-refractivity contribution >= 4 is 33.8 Å². The van der Waals surface area contributed by atoms with Gasteiger partial charge in [-0.25, -0.2) is 13.9 Å². The van der Waals surface area contributed by atoms with Crippen molar-refractivity contribution in [1.82, 2.24) is 14.5 Å². The maximum absolute atomic E-state index is 13.3. The average Bonchev–Trinajstić information content (AvgIpc) is 3.08. The number of H-pyrrole nitrogens is 1. The van der Waals surface area contributed by atoms with Crippen LogP contribution in [0.4, 0.5) is 4.39 Å². The first kappa shape index (κ1) is 15.0. The fourth-order valence-corrected chi connectivity index (χ4v) is 3.91. The van der Waals surface area contributed by atoms with Crippen molar-refractivity contribution in [1.29, 1.82) is 0 Å². The van der Waals surface area contributed by atoms with E-state index in [1.807, 2.05) is 30.3 Å². The van der Waals surface area contributed by atoms with Gasteiger partial charge in [0.15, 0.2) is 9.90 Å². The Morgan fingerprint density at radius 1 is 1.21 bits per heavy atom. The average molecular weight is 357 g/mol. The van der Waals surface area contributed by atoms with E-state index in [0.717, 1.165) is 5.56 Å². The molecule has 0 saturated carbocycles. The Hall–Kier alpha value is -2.51. The maximum atomic E-state index is 13.3. The van der Waals surface area contributed by atoms with Gasteiger partial charge in [-0.05, 0) is 36.0 Å². The molecule has 2 aromatic heterocycles. The molecule has 4 aromatic rings. The van der Waals surface area contributed by atoms with Gasteiger partial charge in [0.05, 0.1) is 15.9 Å². The van der Waals surface area contributed by atoms with E-state index in [0.29, 0.717) is 32.2 Å². The first-order valence-corrected chi connectivity index (χ1v) is 8.47. The standard InChI is InChI=1S/C17H12FN3OS2/c18-11-6-7-12-14(9-11)24-17(20-12)21-15(22)13(19-16(21)23)8-10-4-2-1-3-5-10/h1-7,9,22H,8H2,(H,19,23). The lowest BCUT2D eigenvalue weighted by atomic mass is 10.1. The molecule has 2 aromatic carbocycles. The molecule has 4 nitrogen and oxygen atoms in total. The van der Waals surface area contributed by atoms with Crippen LogP contribution in [-0.2, 0) is 6.42 Å². The van der Waals surface area contributed by atoms with Gasteiger partial charge in [0.2, 0.25) is 5.88 Å². The largest absolute Gasteiger partial charge is 0.493 e. The summed E-state index contributed by atoms with van der Waals surface area (Å²) in [7, 11) is 0. The number of benzene rings is 2. The Balaban J connectivity index is 1.79. The maximum Gasteiger partial charge on any atom is 0.220 e. The number of aromatic hydroxyl groups is 1. The Morgan fingerprint density at radius 2 is 2.00 bits per heavy atom. The van der Waals surface area contributed by atoms with Crippen LogP contribution in [0, 0.1) is 10.6 Å². The molecule has 2 heterocycles. The van der Waals surface area contributed by atoms with E-state index in [-0.39, 0.29) is 11.7 Å². The predicted octanol–water partition coefficient (Wildman–Crippen LogP) is 4.58. The Morgan fingerprint density at radius 3 is 2.79 bits per heavy atom. The van der Waals surface area contributed by atoms with Crippen LogP contribution in [0.3, 0.4) is 0 Å². The summed E-state index contributed by atoms with van der Waals surface area (Å²) < 4.78 is 15.9. The molecule has 0 bridgehead atoms. The third kappa shape index (κ3) is 2.61. The van der Waals surface area contributed by atoms with Crippen molar-refractivity contribution < 1.29 is 9.50 Å². The summed E-state index contributed by atoms with van der Waals surface area (Å²) >= 11 is 6.61. The summed E-state index contributed by atoms with van der Waals surface area (Å²) in [4.78, 5) is 7.47. The molecule has 4 rings (SSSR count). The van der Waals surface area contributed by atoms with Gasteiger partial charge in [-0.1, -0.05) is 41.7 Å². The van der Waals surface area contributed by atoms with Crippen LogP contribution in [0.15, 0.2) is 48.5 Å². The van der Waals surface area contributed by atoms with E-state index in [9.17, 15) is 9.50 Å². The molecule has 0 fully saturated rings. The minimum absolute atomic E-state index is 0.0309. The molecule has 0 radical (unpaired) electrons. The molecule has 0 spiro atoms. The van der Waals surface area contributed by atoms with E-state index >= 15 is 0 Å². The Kier molecular flexibility index (Phi) is 3.66. The normalized spacial score (nSPS) is 11.2. The monoisotopic (exact) mass is 357 g/mol. The number of aromatic nitrogens is 3. The first-order chi connectivity index (χ1) is 11.6. The second kappa shape index (κ2) is 5.85. The zero-order chi connectivity index (χ0) is 16.7. The van der Waals surface area contributed by atoms with E-state index in [1.54, 1.807) is 6.07 Å². The number of halogens is 1. The van der Waals surface area contributed by atoms with Gasteiger partial charge < -0.3 is 10.1 Å². The number of imidazole rings is 1. The van der Waals surface area contributed by atoms with Gasteiger partial charge >= 0.3 is 0 Å². The zero-order valence-electron chi connectivity index (χ0n) is 12.4. The van der Waals surface area contributed by atoms with Crippen molar-refractivity contribution in [3.8, 4) is 11.0 Å². The van der Waals surface area contributed by atoms with Crippen LogP contribution in [-0.4, -0.2) is 19.6 Å². The van der Waals surface area contributed by atoms with Crippen molar-refractivity contribution in [3.63, 3.8) is 0 Å².